The highest BCUT2D eigenvalue weighted by Crippen LogP contribution is 2.11. The van der Waals surface area contributed by atoms with Gasteiger partial charge < -0.3 is 4.90 Å². The Morgan fingerprint density at radius 1 is 0.857 bits per heavy atom. The maximum atomic E-state index is 11.7. The predicted molar refractivity (Wildman–Crippen MR) is 93.4 cm³/mol. The summed E-state index contributed by atoms with van der Waals surface area (Å²) in [7, 11) is 0. The Balaban J connectivity index is 3.51. The van der Waals surface area contributed by atoms with Crippen molar-refractivity contribution in [1.29, 1.82) is 0 Å². The molecule has 0 unspecified atom stereocenters. The van der Waals surface area contributed by atoms with Crippen LogP contribution in [0.25, 0.3) is 0 Å². The van der Waals surface area contributed by atoms with Crippen molar-refractivity contribution in [3.63, 3.8) is 0 Å². The van der Waals surface area contributed by atoms with Crippen molar-refractivity contribution < 1.29 is 4.79 Å². The molecule has 0 saturated heterocycles. The lowest BCUT2D eigenvalue weighted by Gasteiger charge is -2.20. The quantitative estimate of drug-likeness (QED) is 0.222. The van der Waals surface area contributed by atoms with Crippen LogP contribution < -0.4 is 0 Å². The Bertz CT molecular complexity index is 273. The van der Waals surface area contributed by atoms with E-state index in [0.29, 0.717) is 0 Å². The van der Waals surface area contributed by atoms with Crippen LogP contribution in [-0.2, 0) is 4.79 Å². The van der Waals surface area contributed by atoms with Crippen LogP contribution in [0.15, 0.2) is 25.3 Å². The highest BCUT2D eigenvalue weighted by Gasteiger charge is 2.08. The standard InChI is InChI=1S/C19H35NO/c1-4-7-9-10-11-12-13-14-15-16-18-20(17-8-5-2)19(21)6-3/h5-6H,2-4,7-18H2,1H3. The minimum atomic E-state index is 0.0489. The summed E-state index contributed by atoms with van der Waals surface area (Å²) < 4.78 is 0. The first-order valence-corrected chi connectivity index (χ1v) is 8.78. The number of hydrogen-bond acceptors (Lipinski definition) is 1. The summed E-state index contributed by atoms with van der Waals surface area (Å²) in [6.07, 6.45) is 17.4. The number of unbranched alkanes of at least 4 members (excludes halogenated alkanes) is 9. The van der Waals surface area contributed by atoms with Gasteiger partial charge in [0.2, 0.25) is 5.91 Å². The molecule has 1 amide bonds. The van der Waals surface area contributed by atoms with E-state index in [1.807, 2.05) is 11.0 Å². The summed E-state index contributed by atoms with van der Waals surface area (Å²) in [5.74, 6) is 0.0489. The van der Waals surface area contributed by atoms with Gasteiger partial charge in [0, 0.05) is 13.1 Å². The molecule has 0 aromatic heterocycles. The van der Waals surface area contributed by atoms with Gasteiger partial charge >= 0.3 is 0 Å². The average Bonchev–Trinajstić information content (AvgIpc) is 2.51. The van der Waals surface area contributed by atoms with Gasteiger partial charge in [0.25, 0.3) is 0 Å². The zero-order chi connectivity index (χ0) is 15.8. The van der Waals surface area contributed by atoms with E-state index in [-0.39, 0.29) is 5.91 Å². The van der Waals surface area contributed by atoms with E-state index in [9.17, 15) is 4.79 Å². The van der Waals surface area contributed by atoms with Gasteiger partial charge in [-0.15, -0.1) is 6.58 Å². The first-order valence-electron chi connectivity index (χ1n) is 8.78. The van der Waals surface area contributed by atoms with E-state index < -0.39 is 0 Å². The Labute approximate surface area is 132 Å². The summed E-state index contributed by atoms with van der Waals surface area (Å²) >= 11 is 0. The molecule has 0 saturated carbocycles. The van der Waals surface area contributed by atoms with E-state index >= 15 is 0 Å². The first kappa shape index (κ1) is 19.9. The molecule has 122 valence electrons. The molecule has 0 heterocycles. The maximum Gasteiger partial charge on any atom is 0.245 e. The smallest absolute Gasteiger partial charge is 0.245 e. The molecule has 0 aromatic carbocycles. The number of rotatable bonds is 15. The van der Waals surface area contributed by atoms with Crippen molar-refractivity contribution in [1.82, 2.24) is 4.90 Å². The van der Waals surface area contributed by atoms with Crippen LogP contribution in [0.2, 0.25) is 0 Å². The lowest BCUT2D eigenvalue weighted by Crippen LogP contribution is -2.31. The van der Waals surface area contributed by atoms with Gasteiger partial charge in [0.15, 0.2) is 0 Å². The van der Waals surface area contributed by atoms with Crippen molar-refractivity contribution in [3.05, 3.63) is 25.3 Å². The van der Waals surface area contributed by atoms with E-state index in [4.69, 9.17) is 0 Å². The van der Waals surface area contributed by atoms with E-state index in [1.165, 1.54) is 63.9 Å². The molecule has 0 radical (unpaired) electrons. The molecule has 0 bridgehead atoms. The number of nitrogens with zero attached hydrogens (tertiary/aromatic N) is 1. The average molecular weight is 293 g/mol. The Morgan fingerprint density at radius 3 is 1.86 bits per heavy atom. The van der Waals surface area contributed by atoms with E-state index in [2.05, 4.69) is 20.1 Å². The van der Waals surface area contributed by atoms with Crippen molar-refractivity contribution >= 4 is 5.91 Å². The molecule has 21 heavy (non-hydrogen) atoms. The van der Waals surface area contributed by atoms with Crippen molar-refractivity contribution in [3.8, 4) is 0 Å². The molecule has 0 aliphatic rings. The van der Waals surface area contributed by atoms with E-state index in [0.717, 1.165) is 25.9 Å². The number of amides is 1. The summed E-state index contributed by atoms with van der Waals surface area (Å²) in [6.45, 7) is 11.2. The fourth-order valence-corrected chi connectivity index (χ4v) is 2.50. The second-order valence-corrected chi connectivity index (χ2v) is 5.79. The van der Waals surface area contributed by atoms with Crippen LogP contribution >= 0.6 is 0 Å². The Hall–Kier alpha value is -1.05. The second-order valence-electron chi connectivity index (χ2n) is 5.79. The minimum absolute atomic E-state index is 0.0489. The zero-order valence-electron chi connectivity index (χ0n) is 14.1. The van der Waals surface area contributed by atoms with Crippen molar-refractivity contribution in [2.45, 2.75) is 77.6 Å². The molecular weight excluding hydrogens is 258 g/mol. The molecule has 0 N–H and O–H groups in total. The molecule has 0 fully saturated rings. The lowest BCUT2D eigenvalue weighted by molar-refractivity contribution is -0.126. The largest absolute Gasteiger partial charge is 0.339 e. The lowest BCUT2D eigenvalue weighted by atomic mass is 10.1. The Kier molecular flexibility index (Phi) is 14.6. The highest BCUT2D eigenvalue weighted by molar-refractivity contribution is 5.86. The number of hydrogen-bond donors (Lipinski definition) is 0. The normalized spacial score (nSPS) is 10.3. The van der Waals surface area contributed by atoms with Crippen LogP contribution in [0.3, 0.4) is 0 Å². The summed E-state index contributed by atoms with van der Waals surface area (Å²) in [5.41, 5.74) is 0. The van der Waals surface area contributed by atoms with Gasteiger partial charge in [-0.2, -0.15) is 0 Å². The van der Waals surface area contributed by atoms with Crippen LogP contribution in [0, 0.1) is 0 Å². The molecular formula is C19H35NO. The molecule has 0 spiro atoms. The fraction of sp³-hybridized carbons (Fsp3) is 0.737. The molecule has 0 atom stereocenters. The number of carbonyl (C=O) groups excluding carboxylic acids is 1. The van der Waals surface area contributed by atoms with Crippen LogP contribution in [0.1, 0.15) is 77.6 Å². The first-order chi connectivity index (χ1) is 10.3. The van der Waals surface area contributed by atoms with Gasteiger partial charge in [0.05, 0.1) is 0 Å². The third-order valence-corrected chi connectivity index (χ3v) is 3.87. The van der Waals surface area contributed by atoms with Gasteiger partial charge in [-0.05, 0) is 18.9 Å². The molecule has 2 nitrogen and oxygen atoms in total. The molecule has 0 aliphatic heterocycles. The van der Waals surface area contributed by atoms with Crippen molar-refractivity contribution in [2.75, 3.05) is 13.1 Å². The third-order valence-electron chi connectivity index (χ3n) is 3.87. The van der Waals surface area contributed by atoms with Gasteiger partial charge in [-0.25, -0.2) is 0 Å². The molecule has 0 aliphatic carbocycles. The summed E-state index contributed by atoms with van der Waals surface area (Å²) in [5, 5.41) is 0. The van der Waals surface area contributed by atoms with Gasteiger partial charge in [-0.3, -0.25) is 4.79 Å². The molecule has 0 rings (SSSR count). The van der Waals surface area contributed by atoms with Crippen LogP contribution in [0.5, 0.6) is 0 Å². The number of carbonyl (C=O) groups is 1. The van der Waals surface area contributed by atoms with Gasteiger partial charge in [-0.1, -0.05) is 77.4 Å². The molecule has 2 heteroatoms. The third kappa shape index (κ3) is 12.4. The SMILES string of the molecule is C=CCCN(CCCCCCCCCCCC)C(=O)C=C. The van der Waals surface area contributed by atoms with Crippen molar-refractivity contribution in [2.24, 2.45) is 0 Å². The monoisotopic (exact) mass is 293 g/mol. The predicted octanol–water partition coefficient (Wildman–Crippen LogP) is 5.50. The zero-order valence-corrected chi connectivity index (χ0v) is 14.1. The minimum Gasteiger partial charge on any atom is -0.339 e. The van der Waals surface area contributed by atoms with Gasteiger partial charge in [0.1, 0.15) is 0 Å². The topological polar surface area (TPSA) is 20.3 Å². The fourth-order valence-electron chi connectivity index (χ4n) is 2.50. The highest BCUT2D eigenvalue weighted by atomic mass is 16.2. The van der Waals surface area contributed by atoms with E-state index in [1.54, 1.807) is 0 Å². The summed E-state index contributed by atoms with van der Waals surface area (Å²) in [6, 6.07) is 0. The summed E-state index contributed by atoms with van der Waals surface area (Å²) in [4.78, 5) is 13.6. The second kappa shape index (κ2) is 15.3. The van der Waals surface area contributed by atoms with Crippen LogP contribution in [-0.4, -0.2) is 23.9 Å². The maximum absolute atomic E-state index is 11.7. The Morgan fingerprint density at radius 2 is 1.38 bits per heavy atom. The van der Waals surface area contributed by atoms with Crippen LogP contribution in [0.4, 0.5) is 0 Å². The molecule has 0 aromatic rings.